The summed E-state index contributed by atoms with van der Waals surface area (Å²) in [7, 11) is -3.69. The van der Waals surface area contributed by atoms with Crippen molar-refractivity contribution in [3.8, 4) is 0 Å². The van der Waals surface area contributed by atoms with E-state index in [1.54, 1.807) is 0 Å². The van der Waals surface area contributed by atoms with E-state index < -0.39 is 10.0 Å². The summed E-state index contributed by atoms with van der Waals surface area (Å²) in [6, 6.07) is 5.68. The van der Waals surface area contributed by atoms with Crippen LogP contribution in [-0.4, -0.2) is 19.2 Å². The van der Waals surface area contributed by atoms with Crippen molar-refractivity contribution in [3.63, 3.8) is 0 Å². The quantitative estimate of drug-likeness (QED) is 0.823. The predicted molar refractivity (Wildman–Crippen MR) is 69.5 cm³/mol. The predicted octanol–water partition coefficient (Wildman–Crippen LogP) is 1.45. The van der Waals surface area contributed by atoms with Gasteiger partial charge in [-0.1, -0.05) is 22.9 Å². The number of amides is 1. The van der Waals surface area contributed by atoms with Crippen LogP contribution in [0.1, 0.15) is 13.3 Å². The van der Waals surface area contributed by atoms with Gasteiger partial charge in [0.1, 0.15) is 0 Å². The minimum absolute atomic E-state index is 0.0152. The minimum atomic E-state index is -3.69. The fourth-order valence-electron chi connectivity index (χ4n) is 1.13. The molecule has 1 rings (SSSR count). The summed E-state index contributed by atoms with van der Waals surface area (Å²) in [4.78, 5) is 11.3. The first-order valence-corrected chi connectivity index (χ1v) is 7.38. The number of nitrogens with two attached hydrogens (primary N) is 1. The lowest BCUT2D eigenvalue weighted by Crippen LogP contribution is -2.22. The van der Waals surface area contributed by atoms with Gasteiger partial charge < -0.3 is 5.32 Å². The van der Waals surface area contributed by atoms with Crippen molar-refractivity contribution >= 4 is 37.5 Å². The van der Waals surface area contributed by atoms with Gasteiger partial charge in [-0.2, -0.15) is 0 Å². The third-order valence-corrected chi connectivity index (χ3v) is 4.09. The van der Waals surface area contributed by atoms with Crippen molar-refractivity contribution in [3.05, 3.63) is 24.3 Å². The van der Waals surface area contributed by atoms with Gasteiger partial charge in [-0.15, -0.1) is 0 Å². The summed E-state index contributed by atoms with van der Waals surface area (Å²) >= 11 is 3.22. The molecule has 0 spiro atoms. The molecule has 1 unspecified atom stereocenters. The Bertz CT molecular complexity index is 499. The van der Waals surface area contributed by atoms with Gasteiger partial charge in [0, 0.05) is 5.69 Å². The fourth-order valence-corrected chi connectivity index (χ4v) is 1.76. The summed E-state index contributed by atoms with van der Waals surface area (Å²) in [5, 5.41) is 7.61. The highest BCUT2D eigenvalue weighted by atomic mass is 79.9. The van der Waals surface area contributed by atoms with Crippen LogP contribution in [0.25, 0.3) is 0 Å². The Balaban J connectivity index is 2.79. The standard InChI is InChI=1S/C10H13BrN2O3S/c1-2-9(11)10(14)13-7-3-5-8(6-4-7)17(12,15)16/h3-6,9H,2H2,1H3,(H,13,14)(H2,12,15,16). The first-order valence-electron chi connectivity index (χ1n) is 4.92. The number of sulfonamides is 1. The lowest BCUT2D eigenvalue weighted by molar-refractivity contribution is -0.115. The Hall–Kier alpha value is -0.920. The van der Waals surface area contributed by atoms with Crippen LogP contribution in [0.5, 0.6) is 0 Å². The van der Waals surface area contributed by atoms with Crippen LogP contribution in [0, 0.1) is 0 Å². The highest BCUT2D eigenvalue weighted by molar-refractivity contribution is 9.10. The molecule has 0 saturated heterocycles. The van der Waals surface area contributed by atoms with Crippen molar-refractivity contribution < 1.29 is 13.2 Å². The van der Waals surface area contributed by atoms with Crippen LogP contribution in [0.4, 0.5) is 5.69 Å². The molecule has 5 nitrogen and oxygen atoms in total. The van der Waals surface area contributed by atoms with E-state index in [1.807, 2.05) is 6.92 Å². The molecule has 0 radical (unpaired) electrons. The number of carbonyl (C=O) groups excluding carboxylic acids is 1. The Kier molecular flexibility index (Phi) is 4.67. The second-order valence-corrected chi connectivity index (χ2v) is 6.10. The molecule has 0 aliphatic carbocycles. The minimum Gasteiger partial charge on any atom is -0.325 e. The molecule has 1 aromatic rings. The topological polar surface area (TPSA) is 89.3 Å². The van der Waals surface area contributed by atoms with Crippen molar-refractivity contribution in [2.45, 2.75) is 23.1 Å². The number of anilines is 1. The van der Waals surface area contributed by atoms with Crippen LogP contribution in [0.15, 0.2) is 29.2 Å². The van der Waals surface area contributed by atoms with Gasteiger partial charge in [-0.05, 0) is 30.7 Å². The molecule has 0 bridgehead atoms. The van der Waals surface area contributed by atoms with Gasteiger partial charge in [-0.25, -0.2) is 13.6 Å². The van der Waals surface area contributed by atoms with E-state index in [0.29, 0.717) is 12.1 Å². The summed E-state index contributed by atoms with van der Waals surface area (Å²) in [6.07, 6.45) is 0.668. The summed E-state index contributed by atoms with van der Waals surface area (Å²) in [5.74, 6) is -0.171. The highest BCUT2D eigenvalue weighted by Crippen LogP contribution is 2.14. The molecule has 0 aliphatic heterocycles. The van der Waals surface area contributed by atoms with Crippen LogP contribution >= 0.6 is 15.9 Å². The lowest BCUT2D eigenvalue weighted by Gasteiger charge is -2.08. The first kappa shape index (κ1) is 14.1. The summed E-state index contributed by atoms with van der Waals surface area (Å²) in [6.45, 7) is 1.88. The molecule has 3 N–H and O–H groups in total. The number of nitrogens with one attached hydrogen (secondary N) is 1. The zero-order valence-corrected chi connectivity index (χ0v) is 11.6. The monoisotopic (exact) mass is 320 g/mol. The molecule has 0 aliphatic rings. The van der Waals surface area contributed by atoms with Crippen LogP contribution in [0.3, 0.4) is 0 Å². The molecule has 0 saturated carbocycles. The molecule has 94 valence electrons. The van der Waals surface area contributed by atoms with Crippen molar-refractivity contribution in [1.82, 2.24) is 0 Å². The molecule has 1 aromatic carbocycles. The summed E-state index contributed by atoms with van der Waals surface area (Å²) < 4.78 is 22.0. The largest absolute Gasteiger partial charge is 0.325 e. The van der Waals surface area contributed by atoms with E-state index in [2.05, 4.69) is 21.2 Å². The van der Waals surface area contributed by atoms with E-state index in [0.717, 1.165) is 0 Å². The molecule has 0 aromatic heterocycles. The molecule has 0 fully saturated rings. The Morgan fingerprint density at radius 2 is 1.94 bits per heavy atom. The van der Waals surface area contributed by atoms with Gasteiger partial charge in [0.2, 0.25) is 15.9 Å². The highest BCUT2D eigenvalue weighted by Gasteiger charge is 2.13. The van der Waals surface area contributed by atoms with Crippen molar-refractivity contribution in [2.75, 3.05) is 5.32 Å². The van der Waals surface area contributed by atoms with Gasteiger partial charge in [0.15, 0.2) is 0 Å². The Morgan fingerprint density at radius 3 is 2.35 bits per heavy atom. The third kappa shape index (κ3) is 4.10. The van der Waals surface area contributed by atoms with Crippen LogP contribution in [-0.2, 0) is 14.8 Å². The fraction of sp³-hybridized carbons (Fsp3) is 0.300. The molecule has 7 heteroatoms. The molecule has 0 heterocycles. The lowest BCUT2D eigenvalue weighted by atomic mass is 10.3. The molecular weight excluding hydrogens is 308 g/mol. The normalized spacial score (nSPS) is 13.1. The molecule has 1 amide bonds. The number of hydrogen-bond acceptors (Lipinski definition) is 3. The summed E-state index contributed by atoms with van der Waals surface area (Å²) in [5.41, 5.74) is 0.528. The van der Waals surface area contributed by atoms with Gasteiger partial charge in [0.25, 0.3) is 0 Å². The molecule has 17 heavy (non-hydrogen) atoms. The van der Waals surface area contributed by atoms with E-state index in [-0.39, 0.29) is 15.6 Å². The number of benzene rings is 1. The van der Waals surface area contributed by atoms with Crippen molar-refractivity contribution in [2.24, 2.45) is 5.14 Å². The van der Waals surface area contributed by atoms with E-state index >= 15 is 0 Å². The average molecular weight is 321 g/mol. The number of halogens is 1. The van der Waals surface area contributed by atoms with Gasteiger partial charge in [0.05, 0.1) is 9.72 Å². The number of primary sulfonamides is 1. The number of carbonyl (C=O) groups is 1. The maximum Gasteiger partial charge on any atom is 0.238 e. The smallest absolute Gasteiger partial charge is 0.238 e. The number of rotatable bonds is 4. The maximum atomic E-state index is 11.5. The zero-order chi connectivity index (χ0) is 13.1. The van der Waals surface area contributed by atoms with E-state index in [9.17, 15) is 13.2 Å². The van der Waals surface area contributed by atoms with E-state index in [4.69, 9.17) is 5.14 Å². The average Bonchev–Trinajstić information content (AvgIpc) is 2.27. The van der Waals surface area contributed by atoms with Crippen LogP contribution in [0.2, 0.25) is 0 Å². The second kappa shape index (κ2) is 5.61. The maximum absolute atomic E-state index is 11.5. The van der Waals surface area contributed by atoms with Crippen LogP contribution < -0.4 is 10.5 Å². The SMILES string of the molecule is CCC(Br)C(=O)Nc1ccc(S(N)(=O)=O)cc1. The Morgan fingerprint density at radius 1 is 1.41 bits per heavy atom. The van der Waals surface area contributed by atoms with Gasteiger partial charge in [-0.3, -0.25) is 4.79 Å². The number of hydrogen-bond donors (Lipinski definition) is 2. The molecule has 1 atom stereocenters. The van der Waals surface area contributed by atoms with E-state index in [1.165, 1.54) is 24.3 Å². The van der Waals surface area contributed by atoms with Crippen molar-refractivity contribution in [1.29, 1.82) is 0 Å². The number of alkyl halides is 1. The van der Waals surface area contributed by atoms with Gasteiger partial charge >= 0.3 is 0 Å². The Labute approximate surface area is 109 Å². The zero-order valence-electron chi connectivity index (χ0n) is 9.18. The molecular formula is C10H13BrN2O3S. The second-order valence-electron chi connectivity index (χ2n) is 3.43. The first-order chi connectivity index (χ1) is 7.84. The third-order valence-electron chi connectivity index (χ3n) is 2.09.